The van der Waals surface area contributed by atoms with Crippen LogP contribution < -0.4 is 5.32 Å². The first-order valence-electron chi connectivity index (χ1n) is 6.78. The zero-order chi connectivity index (χ0) is 10.3. The summed E-state index contributed by atoms with van der Waals surface area (Å²) >= 11 is 0. The minimum absolute atomic E-state index is 0.673. The molecule has 2 heteroatoms. The molecule has 2 saturated heterocycles. The largest absolute Gasteiger partial charge is 0.317 e. The Labute approximate surface area is 93.4 Å². The topological polar surface area (TPSA) is 15.3 Å². The summed E-state index contributed by atoms with van der Waals surface area (Å²) in [6.45, 7) is 6.38. The van der Waals surface area contributed by atoms with Gasteiger partial charge in [-0.3, -0.25) is 4.90 Å². The van der Waals surface area contributed by atoms with E-state index < -0.39 is 0 Å². The molecule has 1 spiro atoms. The normalized spacial score (nSPS) is 37.0. The summed E-state index contributed by atoms with van der Waals surface area (Å²) < 4.78 is 0. The second-order valence-electron chi connectivity index (χ2n) is 5.86. The van der Waals surface area contributed by atoms with E-state index in [9.17, 15) is 0 Å². The van der Waals surface area contributed by atoms with Crippen LogP contribution in [0.4, 0.5) is 0 Å². The molecular weight excluding hydrogens is 184 g/mol. The zero-order valence-corrected chi connectivity index (χ0v) is 9.97. The number of hydrogen-bond acceptors (Lipinski definition) is 2. The van der Waals surface area contributed by atoms with Crippen LogP contribution in [0.15, 0.2) is 0 Å². The van der Waals surface area contributed by atoms with E-state index in [-0.39, 0.29) is 0 Å². The molecule has 1 N–H and O–H groups in total. The molecule has 1 unspecified atom stereocenters. The first-order chi connectivity index (χ1) is 7.32. The van der Waals surface area contributed by atoms with Gasteiger partial charge in [0.25, 0.3) is 0 Å². The SMILES string of the molecule is CC1N(C2CC2)CCCC12CCNCC2. The molecule has 0 aromatic carbocycles. The maximum Gasteiger partial charge on any atom is 0.0127 e. The van der Waals surface area contributed by atoms with Crippen molar-refractivity contribution < 1.29 is 0 Å². The summed E-state index contributed by atoms with van der Waals surface area (Å²) in [7, 11) is 0. The lowest BCUT2D eigenvalue weighted by Crippen LogP contribution is -2.55. The molecule has 15 heavy (non-hydrogen) atoms. The van der Waals surface area contributed by atoms with Crippen molar-refractivity contribution in [2.24, 2.45) is 5.41 Å². The van der Waals surface area contributed by atoms with Gasteiger partial charge in [0.15, 0.2) is 0 Å². The number of likely N-dealkylation sites (tertiary alicyclic amines) is 1. The molecule has 86 valence electrons. The van der Waals surface area contributed by atoms with Crippen molar-refractivity contribution in [3.05, 3.63) is 0 Å². The van der Waals surface area contributed by atoms with E-state index in [2.05, 4.69) is 17.1 Å². The third kappa shape index (κ3) is 1.72. The molecule has 0 aromatic heterocycles. The molecule has 0 radical (unpaired) electrons. The number of piperidine rings is 2. The Hall–Kier alpha value is -0.0800. The number of nitrogens with one attached hydrogen (secondary N) is 1. The van der Waals surface area contributed by atoms with Gasteiger partial charge in [-0.25, -0.2) is 0 Å². The molecular formula is C13H24N2. The van der Waals surface area contributed by atoms with E-state index in [0.717, 1.165) is 12.1 Å². The highest BCUT2D eigenvalue weighted by Crippen LogP contribution is 2.46. The summed E-state index contributed by atoms with van der Waals surface area (Å²) in [5, 5.41) is 3.52. The molecule has 1 aliphatic carbocycles. The second kappa shape index (κ2) is 3.74. The third-order valence-corrected chi connectivity index (χ3v) is 5.09. The molecule has 2 heterocycles. The van der Waals surface area contributed by atoms with Crippen LogP contribution in [-0.4, -0.2) is 36.6 Å². The van der Waals surface area contributed by atoms with E-state index in [1.807, 2.05) is 0 Å². The summed E-state index contributed by atoms with van der Waals surface area (Å²) in [6.07, 6.45) is 8.70. The number of hydrogen-bond donors (Lipinski definition) is 1. The van der Waals surface area contributed by atoms with Crippen molar-refractivity contribution in [3.8, 4) is 0 Å². The van der Waals surface area contributed by atoms with Crippen molar-refractivity contribution >= 4 is 0 Å². The molecule has 3 fully saturated rings. The molecule has 0 amide bonds. The smallest absolute Gasteiger partial charge is 0.0127 e. The van der Waals surface area contributed by atoms with Crippen molar-refractivity contribution in [2.75, 3.05) is 19.6 Å². The third-order valence-electron chi connectivity index (χ3n) is 5.09. The Morgan fingerprint density at radius 2 is 1.87 bits per heavy atom. The molecule has 3 rings (SSSR count). The highest BCUT2D eigenvalue weighted by atomic mass is 15.2. The fraction of sp³-hybridized carbons (Fsp3) is 1.00. The van der Waals surface area contributed by atoms with Crippen LogP contribution in [0.25, 0.3) is 0 Å². The van der Waals surface area contributed by atoms with Gasteiger partial charge in [-0.15, -0.1) is 0 Å². The summed E-state index contributed by atoms with van der Waals surface area (Å²) in [4.78, 5) is 2.83. The van der Waals surface area contributed by atoms with Crippen molar-refractivity contribution in [3.63, 3.8) is 0 Å². The standard InChI is InChI=1S/C13H24N2/c1-11-13(6-8-14-9-7-13)5-2-10-15(11)12-3-4-12/h11-12,14H,2-10H2,1H3. The van der Waals surface area contributed by atoms with Crippen LogP contribution >= 0.6 is 0 Å². The van der Waals surface area contributed by atoms with E-state index >= 15 is 0 Å². The van der Waals surface area contributed by atoms with Gasteiger partial charge in [-0.1, -0.05) is 0 Å². The van der Waals surface area contributed by atoms with Gasteiger partial charge in [0, 0.05) is 12.1 Å². The van der Waals surface area contributed by atoms with Crippen LogP contribution in [0.5, 0.6) is 0 Å². The molecule has 2 aliphatic heterocycles. The number of nitrogens with zero attached hydrogens (tertiary/aromatic N) is 1. The van der Waals surface area contributed by atoms with Gasteiger partial charge in [0.2, 0.25) is 0 Å². The Balaban J connectivity index is 1.75. The molecule has 1 atom stereocenters. The van der Waals surface area contributed by atoms with E-state index in [0.29, 0.717) is 5.41 Å². The molecule has 3 aliphatic rings. The zero-order valence-electron chi connectivity index (χ0n) is 9.97. The maximum atomic E-state index is 3.52. The highest BCUT2D eigenvalue weighted by molar-refractivity contribution is 5.00. The molecule has 0 aromatic rings. The van der Waals surface area contributed by atoms with Crippen LogP contribution in [0.3, 0.4) is 0 Å². The van der Waals surface area contributed by atoms with Crippen LogP contribution in [0.2, 0.25) is 0 Å². The maximum absolute atomic E-state index is 3.52. The van der Waals surface area contributed by atoms with Crippen molar-refractivity contribution in [2.45, 2.75) is 57.5 Å². The summed E-state index contributed by atoms with van der Waals surface area (Å²) in [5.74, 6) is 0. The predicted octanol–water partition coefficient (Wildman–Crippen LogP) is 2.00. The Morgan fingerprint density at radius 3 is 2.53 bits per heavy atom. The molecule has 0 bridgehead atoms. The average molecular weight is 208 g/mol. The first kappa shape index (κ1) is 10.1. The predicted molar refractivity (Wildman–Crippen MR) is 63.0 cm³/mol. The highest BCUT2D eigenvalue weighted by Gasteiger charge is 2.46. The van der Waals surface area contributed by atoms with Crippen LogP contribution in [0.1, 0.15) is 45.4 Å². The first-order valence-corrected chi connectivity index (χ1v) is 6.78. The summed E-state index contributed by atoms with van der Waals surface area (Å²) in [5.41, 5.74) is 0.673. The monoisotopic (exact) mass is 208 g/mol. The quantitative estimate of drug-likeness (QED) is 0.709. The van der Waals surface area contributed by atoms with Crippen LogP contribution in [0, 0.1) is 5.41 Å². The lowest BCUT2D eigenvalue weighted by molar-refractivity contribution is -0.00411. The minimum atomic E-state index is 0.673. The number of rotatable bonds is 1. The Morgan fingerprint density at radius 1 is 1.13 bits per heavy atom. The fourth-order valence-corrected chi connectivity index (χ4v) is 3.87. The van der Waals surface area contributed by atoms with Gasteiger partial charge < -0.3 is 5.32 Å². The Kier molecular flexibility index (Phi) is 2.52. The van der Waals surface area contributed by atoms with E-state index in [4.69, 9.17) is 0 Å². The van der Waals surface area contributed by atoms with E-state index in [1.165, 1.54) is 58.2 Å². The van der Waals surface area contributed by atoms with Gasteiger partial charge in [0.05, 0.1) is 0 Å². The van der Waals surface area contributed by atoms with Crippen LogP contribution in [-0.2, 0) is 0 Å². The van der Waals surface area contributed by atoms with Crippen molar-refractivity contribution in [1.29, 1.82) is 0 Å². The Bertz CT molecular complexity index is 223. The van der Waals surface area contributed by atoms with Gasteiger partial charge in [0.1, 0.15) is 0 Å². The van der Waals surface area contributed by atoms with Gasteiger partial charge >= 0.3 is 0 Å². The molecule has 2 nitrogen and oxygen atoms in total. The lowest BCUT2D eigenvalue weighted by Gasteiger charge is -2.51. The second-order valence-corrected chi connectivity index (χ2v) is 5.86. The summed E-state index contributed by atoms with van der Waals surface area (Å²) in [6, 6.07) is 1.81. The average Bonchev–Trinajstić information content (AvgIpc) is 3.08. The molecule has 1 saturated carbocycles. The lowest BCUT2D eigenvalue weighted by atomic mass is 9.67. The van der Waals surface area contributed by atoms with Crippen molar-refractivity contribution in [1.82, 2.24) is 10.2 Å². The van der Waals surface area contributed by atoms with Gasteiger partial charge in [-0.2, -0.15) is 0 Å². The van der Waals surface area contributed by atoms with E-state index in [1.54, 1.807) is 0 Å². The van der Waals surface area contributed by atoms with Gasteiger partial charge in [-0.05, 0) is 70.5 Å². The fourth-order valence-electron chi connectivity index (χ4n) is 3.87. The minimum Gasteiger partial charge on any atom is -0.317 e.